The van der Waals surface area contributed by atoms with Crippen LogP contribution in [0.1, 0.15) is 33.5 Å². The first kappa shape index (κ1) is 14.4. The summed E-state index contributed by atoms with van der Waals surface area (Å²) in [4.78, 5) is 12.9. The monoisotopic (exact) mass is 322 g/mol. The van der Waals surface area contributed by atoms with Crippen molar-refractivity contribution in [2.75, 3.05) is 0 Å². The van der Waals surface area contributed by atoms with Gasteiger partial charge in [-0.15, -0.1) is 0 Å². The summed E-state index contributed by atoms with van der Waals surface area (Å²) >= 11 is 0. The van der Waals surface area contributed by atoms with Crippen molar-refractivity contribution in [1.29, 1.82) is 0 Å². The summed E-state index contributed by atoms with van der Waals surface area (Å²) < 4.78 is 0. The van der Waals surface area contributed by atoms with Crippen molar-refractivity contribution >= 4 is 22.6 Å². The van der Waals surface area contributed by atoms with E-state index in [0.29, 0.717) is 0 Å². The standard InChI is InChI=1S/C24H18O/c25-24-22-10-4-2-7-18(22)15-23(24)17-8-5-11-21-19(14-17)13-12-16-6-1-3-9-20(16)21/h1-7,9-13H,8,14-15H2/b23-17-. The molecule has 5 rings (SSSR count). The molecule has 2 aliphatic carbocycles. The van der Waals surface area contributed by atoms with Gasteiger partial charge in [0.05, 0.1) is 0 Å². The number of fused-ring (bicyclic) bond motifs is 4. The van der Waals surface area contributed by atoms with Crippen LogP contribution in [0.2, 0.25) is 0 Å². The van der Waals surface area contributed by atoms with Crippen LogP contribution in [0.5, 0.6) is 0 Å². The Balaban J connectivity index is 1.63. The molecule has 0 amide bonds. The van der Waals surface area contributed by atoms with Crippen molar-refractivity contribution < 1.29 is 4.79 Å². The molecular weight excluding hydrogens is 304 g/mol. The molecule has 0 saturated heterocycles. The fourth-order valence-corrected chi connectivity index (χ4v) is 4.16. The first-order valence-electron chi connectivity index (χ1n) is 8.82. The van der Waals surface area contributed by atoms with E-state index in [0.717, 1.165) is 30.4 Å². The summed E-state index contributed by atoms with van der Waals surface area (Å²) in [6.07, 6.45) is 6.95. The van der Waals surface area contributed by atoms with Gasteiger partial charge >= 0.3 is 0 Å². The topological polar surface area (TPSA) is 17.1 Å². The molecular formula is C24H18O. The largest absolute Gasteiger partial charge is 0.289 e. The SMILES string of the molecule is O=C1/C(=C2/CC=Cc3c(ccc4ccccc34)C2)Cc2ccccc21. The molecule has 0 unspecified atom stereocenters. The molecule has 0 spiro atoms. The van der Waals surface area contributed by atoms with Crippen molar-refractivity contribution in [3.05, 3.63) is 100 Å². The van der Waals surface area contributed by atoms with Crippen molar-refractivity contribution in [2.45, 2.75) is 19.3 Å². The smallest absolute Gasteiger partial charge is 0.189 e. The van der Waals surface area contributed by atoms with Crippen LogP contribution >= 0.6 is 0 Å². The zero-order valence-electron chi connectivity index (χ0n) is 14.0. The van der Waals surface area contributed by atoms with E-state index in [1.165, 1.54) is 33.0 Å². The third-order valence-corrected chi connectivity index (χ3v) is 5.44. The molecule has 3 aromatic rings. The number of hydrogen-bond acceptors (Lipinski definition) is 1. The fraction of sp³-hybridized carbons (Fsp3) is 0.125. The van der Waals surface area contributed by atoms with Gasteiger partial charge in [0.2, 0.25) is 0 Å². The first-order chi connectivity index (χ1) is 12.3. The van der Waals surface area contributed by atoms with Crippen LogP contribution in [0.4, 0.5) is 0 Å². The van der Waals surface area contributed by atoms with Gasteiger partial charge in [-0.2, -0.15) is 0 Å². The second-order valence-electron chi connectivity index (χ2n) is 6.89. The summed E-state index contributed by atoms with van der Waals surface area (Å²) in [6.45, 7) is 0. The second kappa shape index (κ2) is 5.56. The highest BCUT2D eigenvalue weighted by Gasteiger charge is 2.27. The lowest BCUT2D eigenvalue weighted by Gasteiger charge is -2.11. The minimum atomic E-state index is 0.225. The number of allylic oxidation sites excluding steroid dienone is 3. The number of carbonyl (C=O) groups is 1. The lowest BCUT2D eigenvalue weighted by Crippen LogP contribution is -2.03. The van der Waals surface area contributed by atoms with Crippen LogP contribution in [-0.2, 0) is 12.8 Å². The van der Waals surface area contributed by atoms with Gasteiger partial charge in [-0.05, 0) is 40.3 Å². The van der Waals surface area contributed by atoms with Crippen LogP contribution < -0.4 is 0 Å². The fourth-order valence-electron chi connectivity index (χ4n) is 4.16. The Labute approximate surface area is 147 Å². The maximum Gasteiger partial charge on any atom is 0.189 e. The zero-order chi connectivity index (χ0) is 16.8. The summed E-state index contributed by atoms with van der Waals surface area (Å²) in [7, 11) is 0. The van der Waals surface area contributed by atoms with Crippen LogP contribution in [0.15, 0.2) is 77.9 Å². The lowest BCUT2D eigenvalue weighted by molar-refractivity contribution is 0.103. The molecule has 1 nitrogen and oxygen atoms in total. The molecule has 0 heterocycles. The van der Waals surface area contributed by atoms with E-state index in [9.17, 15) is 4.79 Å². The third-order valence-electron chi connectivity index (χ3n) is 5.44. The molecule has 0 radical (unpaired) electrons. The molecule has 0 saturated carbocycles. The Morgan fingerprint density at radius 1 is 0.760 bits per heavy atom. The molecule has 0 aliphatic heterocycles. The van der Waals surface area contributed by atoms with Crippen molar-refractivity contribution in [3.8, 4) is 0 Å². The molecule has 0 atom stereocenters. The molecule has 0 fully saturated rings. The number of ketones is 1. The average Bonchev–Trinajstić information content (AvgIpc) is 2.85. The molecule has 2 aliphatic rings. The van der Waals surface area contributed by atoms with Gasteiger partial charge in [0.1, 0.15) is 0 Å². The number of Topliss-reactive ketones (excluding diaryl/α,β-unsaturated/α-hetero) is 1. The highest BCUT2D eigenvalue weighted by atomic mass is 16.1. The Kier molecular flexibility index (Phi) is 3.21. The van der Waals surface area contributed by atoms with Crippen LogP contribution in [0.3, 0.4) is 0 Å². The molecule has 120 valence electrons. The van der Waals surface area contributed by atoms with Crippen LogP contribution in [0, 0.1) is 0 Å². The highest BCUT2D eigenvalue weighted by Crippen LogP contribution is 2.34. The molecule has 0 N–H and O–H groups in total. The van der Waals surface area contributed by atoms with Gasteiger partial charge in [0.15, 0.2) is 5.78 Å². The van der Waals surface area contributed by atoms with E-state index in [2.05, 4.69) is 54.6 Å². The number of rotatable bonds is 0. The Bertz CT molecular complexity index is 1080. The van der Waals surface area contributed by atoms with Gasteiger partial charge in [-0.1, -0.05) is 78.4 Å². The number of carbonyl (C=O) groups excluding carboxylic acids is 1. The third kappa shape index (κ3) is 2.27. The van der Waals surface area contributed by atoms with E-state index in [1.807, 2.05) is 18.2 Å². The average molecular weight is 322 g/mol. The van der Waals surface area contributed by atoms with E-state index < -0.39 is 0 Å². The second-order valence-corrected chi connectivity index (χ2v) is 6.89. The van der Waals surface area contributed by atoms with E-state index >= 15 is 0 Å². The van der Waals surface area contributed by atoms with Gasteiger partial charge in [-0.3, -0.25) is 4.79 Å². The van der Waals surface area contributed by atoms with Crippen molar-refractivity contribution in [1.82, 2.24) is 0 Å². The molecule has 25 heavy (non-hydrogen) atoms. The Morgan fingerprint density at radius 3 is 2.52 bits per heavy atom. The molecule has 0 aromatic heterocycles. The quantitative estimate of drug-likeness (QED) is 0.497. The lowest BCUT2D eigenvalue weighted by atomic mass is 9.93. The minimum absolute atomic E-state index is 0.225. The summed E-state index contributed by atoms with van der Waals surface area (Å²) in [5.41, 5.74) is 6.95. The molecule has 0 bridgehead atoms. The van der Waals surface area contributed by atoms with Crippen LogP contribution in [-0.4, -0.2) is 5.78 Å². The zero-order valence-corrected chi connectivity index (χ0v) is 14.0. The van der Waals surface area contributed by atoms with Crippen molar-refractivity contribution in [3.63, 3.8) is 0 Å². The first-order valence-corrected chi connectivity index (χ1v) is 8.82. The van der Waals surface area contributed by atoms with E-state index in [1.54, 1.807) is 0 Å². The van der Waals surface area contributed by atoms with Crippen LogP contribution in [0.25, 0.3) is 16.8 Å². The predicted molar refractivity (Wildman–Crippen MR) is 103 cm³/mol. The normalized spacial score (nSPS) is 19.0. The van der Waals surface area contributed by atoms with Gasteiger partial charge in [-0.25, -0.2) is 0 Å². The predicted octanol–water partition coefficient (Wildman–Crippen LogP) is 5.53. The van der Waals surface area contributed by atoms with E-state index in [4.69, 9.17) is 0 Å². The van der Waals surface area contributed by atoms with E-state index in [-0.39, 0.29) is 5.78 Å². The van der Waals surface area contributed by atoms with Gasteiger partial charge in [0.25, 0.3) is 0 Å². The van der Waals surface area contributed by atoms with Gasteiger partial charge < -0.3 is 0 Å². The molecule has 1 heteroatoms. The highest BCUT2D eigenvalue weighted by molar-refractivity contribution is 6.13. The maximum absolute atomic E-state index is 12.9. The minimum Gasteiger partial charge on any atom is -0.289 e. The maximum atomic E-state index is 12.9. The van der Waals surface area contributed by atoms with Crippen molar-refractivity contribution in [2.24, 2.45) is 0 Å². The molecule has 3 aromatic carbocycles. The van der Waals surface area contributed by atoms with Gasteiger partial charge in [0, 0.05) is 17.6 Å². The summed E-state index contributed by atoms with van der Waals surface area (Å²) in [5.74, 6) is 0.225. The number of benzene rings is 3. The Morgan fingerprint density at radius 2 is 1.60 bits per heavy atom. The Hall–Kier alpha value is -2.93. The number of hydrogen-bond donors (Lipinski definition) is 0. The summed E-state index contributed by atoms with van der Waals surface area (Å²) in [6, 6.07) is 21.0. The summed E-state index contributed by atoms with van der Waals surface area (Å²) in [5, 5.41) is 2.56.